The number of aryl methyl sites for hydroxylation is 1. The lowest BCUT2D eigenvalue weighted by Gasteiger charge is -2.16. The number of nitrogens with zero attached hydrogens (tertiary/aromatic N) is 3. The third-order valence-corrected chi connectivity index (χ3v) is 5.74. The lowest BCUT2D eigenvalue weighted by atomic mass is 9.98. The summed E-state index contributed by atoms with van der Waals surface area (Å²) in [6, 6.07) is 11.5. The molecule has 1 atom stereocenters. The summed E-state index contributed by atoms with van der Waals surface area (Å²) in [5.74, 6) is -0.651. The summed E-state index contributed by atoms with van der Waals surface area (Å²) in [7, 11) is 1.48. The first-order chi connectivity index (χ1) is 16.3. The molecule has 34 heavy (non-hydrogen) atoms. The Morgan fingerprint density at radius 3 is 2.85 bits per heavy atom. The van der Waals surface area contributed by atoms with E-state index in [0.717, 1.165) is 0 Å². The third kappa shape index (κ3) is 4.66. The van der Waals surface area contributed by atoms with Gasteiger partial charge in [-0.05, 0) is 48.7 Å². The number of aliphatic hydroxyl groups excluding tert-OH is 1. The Bertz CT molecular complexity index is 1370. The molecule has 176 valence electrons. The molecule has 4 N–H and O–H groups in total. The van der Waals surface area contributed by atoms with E-state index in [9.17, 15) is 9.90 Å². The van der Waals surface area contributed by atoms with Crippen molar-refractivity contribution < 1.29 is 19.0 Å². The largest absolute Gasteiger partial charge is 0.496 e. The summed E-state index contributed by atoms with van der Waals surface area (Å²) in [4.78, 5) is 16.9. The molecule has 0 aliphatic carbocycles. The number of nitrogens with one attached hydrogen (secondary N) is 1. The summed E-state index contributed by atoms with van der Waals surface area (Å²) >= 11 is 5.96. The first kappa shape index (κ1) is 23.5. The summed E-state index contributed by atoms with van der Waals surface area (Å²) < 4.78 is 22.2. The number of pyridine rings is 1. The highest BCUT2D eigenvalue weighted by Crippen LogP contribution is 2.30. The summed E-state index contributed by atoms with van der Waals surface area (Å²) in [6.45, 7) is 1.79. The highest BCUT2D eigenvalue weighted by molar-refractivity contribution is 6.30. The molecular weight excluding hydrogens is 461 g/mol. The van der Waals surface area contributed by atoms with Gasteiger partial charge in [0.25, 0.3) is 5.91 Å². The molecule has 2 aromatic carbocycles. The number of carbonyl (C=O) groups excluding carboxylic acids is 1. The number of nitrogen functional groups attached to an aromatic ring is 1. The Morgan fingerprint density at radius 1 is 1.29 bits per heavy atom. The van der Waals surface area contributed by atoms with E-state index in [-0.39, 0.29) is 30.0 Å². The summed E-state index contributed by atoms with van der Waals surface area (Å²) in [5.41, 5.74) is 7.86. The number of ether oxygens (including phenoxy) is 1. The van der Waals surface area contributed by atoms with E-state index in [0.29, 0.717) is 33.1 Å². The summed E-state index contributed by atoms with van der Waals surface area (Å²) in [5, 5.41) is 17.7. The van der Waals surface area contributed by atoms with E-state index in [2.05, 4.69) is 15.4 Å². The Labute approximate surface area is 200 Å². The predicted molar refractivity (Wildman–Crippen MR) is 127 cm³/mol. The number of aromatic nitrogens is 3. The topological polar surface area (TPSA) is 115 Å². The van der Waals surface area contributed by atoms with Crippen molar-refractivity contribution >= 4 is 29.1 Å². The van der Waals surface area contributed by atoms with Gasteiger partial charge in [0.1, 0.15) is 11.6 Å². The second-order valence-electron chi connectivity index (χ2n) is 7.75. The van der Waals surface area contributed by atoms with Gasteiger partial charge < -0.3 is 20.9 Å². The van der Waals surface area contributed by atoms with Crippen LogP contribution >= 0.6 is 11.6 Å². The smallest absolute Gasteiger partial charge is 0.254 e. The lowest BCUT2D eigenvalue weighted by Crippen LogP contribution is -2.27. The number of carbonyl (C=O) groups is 1. The predicted octanol–water partition coefficient (Wildman–Crippen LogP) is 3.94. The molecule has 0 spiro atoms. The Hall–Kier alpha value is -3.69. The molecule has 2 heterocycles. The molecule has 0 unspecified atom stereocenters. The van der Waals surface area contributed by atoms with Gasteiger partial charge in [-0.3, -0.25) is 4.79 Å². The average Bonchev–Trinajstić information content (AvgIpc) is 3.18. The van der Waals surface area contributed by atoms with Crippen molar-refractivity contribution in [3.05, 3.63) is 76.2 Å². The van der Waals surface area contributed by atoms with E-state index < -0.39 is 17.8 Å². The minimum Gasteiger partial charge on any atom is -0.496 e. The number of hydrogen-bond donors (Lipinski definition) is 3. The molecular formula is C24H23ClFN5O3. The van der Waals surface area contributed by atoms with Crippen molar-refractivity contribution in [2.24, 2.45) is 0 Å². The minimum absolute atomic E-state index is 0.0584. The molecule has 4 rings (SSSR count). The van der Waals surface area contributed by atoms with Gasteiger partial charge >= 0.3 is 0 Å². The Kier molecular flexibility index (Phi) is 6.67. The van der Waals surface area contributed by atoms with Gasteiger partial charge in [-0.1, -0.05) is 29.8 Å². The number of methoxy groups -OCH3 is 1. The maximum absolute atomic E-state index is 15.5. The van der Waals surface area contributed by atoms with Gasteiger partial charge in [0, 0.05) is 28.9 Å². The average molecular weight is 484 g/mol. The van der Waals surface area contributed by atoms with Crippen LogP contribution in [-0.4, -0.2) is 39.3 Å². The quantitative estimate of drug-likeness (QED) is 0.367. The van der Waals surface area contributed by atoms with Crippen LogP contribution in [0.2, 0.25) is 5.02 Å². The van der Waals surface area contributed by atoms with Gasteiger partial charge in [-0.2, -0.15) is 4.98 Å². The van der Waals surface area contributed by atoms with Crippen molar-refractivity contribution in [3.8, 4) is 16.9 Å². The molecule has 1 amide bonds. The van der Waals surface area contributed by atoms with Gasteiger partial charge in [0.2, 0.25) is 5.95 Å². The van der Waals surface area contributed by atoms with Crippen molar-refractivity contribution in [2.75, 3.05) is 19.4 Å². The minimum atomic E-state index is -0.896. The van der Waals surface area contributed by atoms with Crippen LogP contribution in [0.25, 0.3) is 16.8 Å². The number of nitrogens with two attached hydrogens (primary N) is 1. The maximum atomic E-state index is 15.5. The van der Waals surface area contributed by atoms with Gasteiger partial charge in [-0.15, -0.1) is 5.10 Å². The zero-order valence-electron chi connectivity index (χ0n) is 18.5. The Morgan fingerprint density at radius 2 is 2.09 bits per heavy atom. The number of rotatable bonds is 7. The highest BCUT2D eigenvalue weighted by Gasteiger charge is 2.20. The van der Waals surface area contributed by atoms with Crippen molar-refractivity contribution in [3.63, 3.8) is 0 Å². The van der Waals surface area contributed by atoms with E-state index in [4.69, 9.17) is 22.1 Å². The van der Waals surface area contributed by atoms with E-state index >= 15 is 4.39 Å². The van der Waals surface area contributed by atoms with Crippen LogP contribution in [0.5, 0.6) is 5.75 Å². The number of fused-ring (bicyclic) bond motifs is 1. The molecule has 0 bridgehead atoms. The first-order valence-electron chi connectivity index (χ1n) is 10.5. The maximum Gasteiger partial charge on any atom is 0.254 e. The van der Waals surface area contributed by atoms with Crippen LogP contribution in [0.1, 0.15) is 34.0 Å². The van der Waals surface area contributed by atoms with E-state index in [1.165, 1.54) is 11.6 Å². The number of amides is 1. The van der Waals surface area contributed by atoms with Crippen LogP contribution in [0.4, 0.5) is 10.3 Å². The summed E-state index contributed by atoms with van der Waals surface area (Å²) in [6.07, 6.45) is 0.932. The van der Waals surface area contributed by atoms with Crippen LogP contribution < -0.4 is 15.8 Å². The molecule has 4 aromatic rings. The van der Waals surface area contributed by atoms with Crippen LogP contribution in [0, 0.1) is 12.7 Å². The van der Waals surface area contributed by atoms with Crippen molar-refractivity contribution in [1.82, 2.24) is 19.9 Å². The molecule has 0 saturated heterocycles. The fraction of sp³-hybridized carbons (Fsp3) is 0.208. The SMILES string of the molecule is COc1cc(Cl)ccc1[C@H](O)CCNC(=O)c1c(C)ccc(-c2ccn3nc(N)nc3c2)c1F. The van der Waals surface area contributed by atoms with E-state index in [1.807, 2.05) is 0 Å². The molecule has 0 saturated carbocycles. The highest BCUT2D eigenvalue weighted by atomic mass is 35.5. The van der Waals surface area contributed by atoms with Crippen LogP contribution in [0.15, 0.2) is 48.7 Å². The van der Waals surface area contributed by atoms with E-state index in [1.54, 1.807) is 55.6 Å². The molecule has 10 heteroatoms. The van der Waals surface area contributed by atoms with Crippen molar-refractivity contribution in [2.45, 2.75) is 19.4 Å². The Balaban J connectivity index is 1.51. The molecule has 0 aliphatic heterocycles. The second-order valence-corrected chi connectivity index (χ2v) is 8.19. The molecule has 2 aromatic heterocycles. The fourth-order valence-corrected chi connectivity index (χ4v) is 3.93. The number of aliphatic hydroxyl groups is 1. The zero-order valence-corrected chi connectivity index (χ0v) is 19.3. The van der Waals surface area contributed by atoms with Crippen molar-refractivity contribution in [1.29, 1.82) is 0 Å². The molecule has 0 aliphatic rings. The number of benzene rings is 2. The second kappa shape index (κ2) is 9.66. The van der Waals surface area contributed by atoms with Gasteiger partial charge in [0.15, 0.2) is 5.65 Å². The molecule has 0 radical (unpaired) electrons. The lowest BCUT2D eigenvalue weighted by molar-refractivity contribution is 0.0937. The van der Waals surface area contributed by atoms with Crippen LogP contribution in [-0.2, 0) is 0 Å². The standard InChI is InChI=1S/C24H23ClFN5O3/c1-13-3-5-16(14-8-10-31-20(11-14)29-24(27)30-31)22(26)21(13)23(33)28-9-7-18(32)17-6-4-15(25)12-19(17)34-2/h3-6,8,10-12,18,32H,7,9H2,1-2H3,(H2,27,30)(H,28,33)/t18-/m1/s1. The fourth-order valence-electron chi connectivity index (χ4n) is 3.77. The zero-order chi connectivity index (χ0) is 24.4. The monoisotopic (exact) mass is 483 g/mol. The first-order valence-corrected chi connectivity index (χ1v) is 10.9. The molecule has 8 nitrogen and oxygen atoms in total. The van der Waals surface area contributed by atoms with Gasteiger partial charge in [-0.25, -0.2) is 8.91 Å². The third-order valence-electron chi connectivity index (χ3n) is 5.50. The number of halogens is 2. The number of hydrogen-bond acceptors (Lipinski definition) is 6. The number of anilines is 1. The normalized spacial score (nSPS) is 12.0. The van der Waals surface area contributed by atoms with Crippen LogP contribution in [0.3, 0.4) is 0 Å². The van der Waals surface area contributed by atoms with Gasteiger partial charge in [0.05, 0.1) is 18.8 Å². The molecule has 0 fully saturated rings.